The molecule has 0 atom stereocenters. The van der Waals surface area contributed by atoms with Crippen LogP contribution >= 0.6 is 0 Å². The predicted molar refractivity (Wildman–Crippen MR) is 73.5 cm³/mol. The molecule has 6 heteroatoms. The average molecular weight is 258 g/mol. The van der Waals surface area contributed by atoms with Crippen LogP contribution in [0.15, 0.2) is 35.6 Å². The van der Waals surface area contributed by atoms with Crippen LogP contribution in [0, 0.1) is 0 Å². The zero-order valence-corrected chi connectivity index (χ0v) is 10.7. The quantitative estimate of drug-likeness (QED) is 0.668. The highest BCUT2D eigenvalue weighted by molar-refractivity contribution is 5.95. The number of allylic oxidation sites excluding steroid dienone is 1. The number of carbonyl (C=O) groups is 1. The third kappa shape index (κ3) is 2.47. The van der Waals surface area contributed by atoms with E-state index in [0.29, 0.717) is 5.65 Å². The second-order valence-electron chi connectivity index (χ2n) is 3.85. The number of rotatable bonds is 3. The molecule has 0 aliphatic rings. The number of aliphatic imine (C=N–C) groups is 1. The molecule has 2 rings (SSSR count). The number of fused-ring (bicyclic) bond motifs is 1. The molecule has 0 unspecified atom stereocenters. The fraction of sp³-hybridized carbons (Fsp3) is 0.154. The molecule has 0 bridgehead atoms. The highest BCUT2D eigenvalue weighted by Gasteiger charge is 2.12. The molecule has 0 saturated heterocycles. The average Bonchev–Trinajstić information content (AvgIpc) is 2.75. The Bertz CT molecular complexity index is 671. The number of nitrogens with zero attached hydrogens (tertiary/aromatic N) is 3. The van der Waals surface area contributed by atoms with Gasteiger partial charge in [0.05, 0.1) is 12.8 Å². The summed E-state index contributed by atoms with van der Waals surface area (Å²) in [6, 6.07) is 3.42. The number of hydrogen-bond donors (Lipinski definition) is 1. The van der Waals surface area contributed by atoms with Crippen molar-refractivity contribution in [3.8, 4) is 0 Å². The van der Waals surface area contributed by atoms with Crippen LogP contribution in [0.25, 0.3) is 11.0 Å². The number of aryl methyl sites for hydroxylation is 1. The van der Waals surface area contributed by atoms with E-state index in [4.69, 9.17) is 5.73 Å². The van der Waals surface area contributed by atoms with Crippen LogP contribution in [-0.4, -0.2) is 28.8 Å². The first-order valence-electron chi connectivity index (χ1n) is 5.62. The van der Waals surface area contributed by atoms with Crippen LogP contribution in [-0.2, 0) is 11.8 Å². The molecule has 2 heterocycles. The first-order chi connectivity index (χ1) is 9.17. The standard InChI is InChI=1S/C13H14N4O2/c1-17-8-11(15-7-3-6-14)9-4-5-10(13(18)19-2)16-12(9)17/h3-8H,14H2,1-2H3/b6-3-,15-7?. The first-order valence-corrected chi connectivity index (χ1v) is 5.62. The molecule has 0 aliphatic carbocycles. The minimum atomic E-state index is -0.459. The summed E-state index contributed by atoms with van der Waals surface area (Å²) in [4.78, 5) is 20.0. The summed E-state index contributed by atoms with van der Waals surface area (Å²) >= 11 is 0. The van der Waals surface area contributed by atoms with Crippen molar-refractivity contribution in [2.75, 3.05) is 7.11 Å². The van der Waals surface area contributed by atoms with Gasteiger partial charge in [-0.25, -0.2) is 9.78 Å². The Balaban J connectivity index is 2.51. The van der Waals surface area contributed by atoms with E-state index >= 15 is 0 Å². The second kappa shape index (κ2) is 5.34. The number of methoxy groups -OCH3 is 1. The van der Waals surface area contributed by atoms with Gasteiger partial charge < -0.3 is 15.0 Å². The van der Waals surface area contributed by atoms with E-state index in [1.807, 2.05) is 13.2 Å². The van der Waals surface area contributed by atoms with Gasteiger partial charge in [0.25, 0.3) is 0 Å². The topological polar surface area (TPSA) is 82.5 Å². The molecule has 0 amide bonds. The predicted octanol–water partition coefficient (Wildman–Crippen LogP) is 1.53. The van der Waals surface area contributed by atoms with Crippen molar-refractivity contribution in [3.05, 3.63) is 36.3 Å². The van der Waals surface area contributed by atoms with Gasteiger partial charge in [-0.2, -0.15) is 0 Å². The minimum Gasteiger partial charge on any atom is -0.464 e. The van der Waals surface area contributed by atoms with E-state index in [0.717, 1.165) is 11.1 Å². The number of ether oxygens (including phenoxy) is 1. The number of carbonyl (C=O) groups excluding carboxylic acids is 1. The van der Waals surface area contributed by atoms with Crippen molar-refractivity contribution in [2.45, 2.75) is 0 Å². The monoisotopic (exact) mass is 258 g/mol. The molecule has 19 heavy (non-hydrogen) atoms. The largest absolute Gasteiger partial charge is 0.464 e. The molecule has 0 aromatic carbocycles. The van der Waals surface area contributed by atoms with E-state index in [9.17, 15) is 4.79 Å². The summed E-state index contributed by atoms with van der Waals surface area (Å²) in [5, 5.41) is 0.858. The summed E-state index contributed by atoms with van der Waals surface area (Å²) in [5.41, 5.74) is 6.95. The number of hydrogen-bond acceptors (Lipinski definition) is 5. The normalized spacial score (nSPS) is 11.7. The molecule has 0 spiro atoms. The fourth-order valence-electron chi connectivity index (χ4n) is 1.73. The zero-order valence-electron chi connectivity index (χ0n) is 10.7. The number of aromatic nitrogens is 2. The van der Waals surface area contributed by atoms with Crippen molar-refractivity contribution in [2.24, 2.45) is 17.8 Å². The second-order valence-corrected chi connectivity index (χ2v) is 3.85. The molecule has 0 fully saturated rings. The molecule has 2 aromatic heterocycles. The lowest BCUT2D eigenvalue weighted by Gasteiger charge is -1.99. The van der Waals surface area contributed by atoms with E-state index in [1.54, 1.807) is 29.0 Å². The summed E-state index contributed by atoms with van der Waals surface area (Å²) in [6.45, 7) is 0. The van der Waals surface area contributed by atoms with Crippen LogP contribution < -0.4 is 5.73 Å². The third-order valence-corrected chi connectivity index (χ3v) is 2.61. The number of nitrogens with two attached hydrogens (primary N) is 1. The fourth-order valence-corrected chi connectivity index (χ4v) is 1.73. The van der Waals surface area contributed by atoms with Gasteiger partial charge in [0.2, 0.25) is 0 Å². The van der Waals surface area contributed by atoms with Crippen LogP contribution in [0.5, 0.6) is 0 Å². The molecular weight excluding hydrogens is 244 g/mol. The van der Waals surface area contributed by atoms with Crippen LogP contribution in [0.4, 0.5) is 5.69 Å². The van der Waals surface area contributed by atoms with Crippen molar-refractivity contribution < 1.29 is 9.53 Å². The highest BCUT2D eigenvalue weighted by Crippen LogP contribution is 2.26. The molecule has 6 nitrogen and oxygen atoms in total. The maximum Gasteiger partial charge on any atom is 0.356 e. The SMILES string of the molecule is COC(=O)c1ccc2c(N=C/C=C\N)cn(C)c2n1. The van der Waals surface area contributed by atoms with Gasteiger partial charge in [-0.05, 0) is 24.4 Å². The summed E-state index contributed by atoms with van der Waals surface area (Å²) in [7, 11) is 3.17. The number of esters is 1. The lowest BCUT2D eigenvalue weighted by Crippen LogP contribution is -2.04. The van der Waals surface area contributed by atoms with E-state index in [2.05, 4.69) is 14.7 Å². The highest BCUT2D eigenvalue weighted by atomic mass is 16.5. The third-order valence-electron chi connectivity index (χ3n) is 2.61. The Hall–Kier alpha value is -2.63. The van der Waals surface area contributed by atoms with E-state index < -0.39 is 5.97 Å². The number of pyridine rings is 1. The summed E-state index contributed by atoms with van der Waals surface area (Å²) in [6.07, 6.45) is 6.47. The first kappa shape index (κ1) is 12.8. The molecule has 0 aliphatic heterocycles. The van der Waals surface area contributed by atoms with Crippen LogP contribution in [0.2, 0.25) is 0 Å². The molecule has 0 radical (unpaired) electrons. The van der Waals surface area contributed by atoms with Crippen molar-refractivity contribution in [1.29, 1.82) is 0 Å². The van der Waals surface area contributed by atoms with E-state index in [1.165, 1.54) is 13.3 Å². The molecule has 0 saturated carbocycles. The molecular formula is C13H14N4O2. The van der Waals surface area contributed by atoms with Gasteiger partial charge in [-0.3, -0.25) is 4.99 Å². The molecule has 98 valence electrons. The smallest absolute Gasteiger partial charge is 0.356 e. The zero-order chi connectivity index (χ0) is 13.8. The summed E-state index contributed by atoms with van der Waals surface area (Å²) < 4.78 is 6.45. The van der Waals surface area contributed by atoms with Gasteiger partial charge in [0.15, 0.2) is 5.69 Å². The van der Waals surface area contributed by atoms with Crippen LogP contribution in [0.1, 0.15) is 10.5 Å². The van der Waals surface area contributed by atoms with Gasteiger partial charge >= 0.3 is 5.97 Å². The Morgan fingerprint density at radius 2 is 2.32 bits per heavy atom. The van der Waals surface area contributed by atoms with E-state index in [-0.39, 0.29) is 5.69 Å². The van der Waals surface area contributed by atoms with Crippen molar-refractivity contribution in [3.63, 3.8) is 0 Å². The lowest BCUT2D eigenvalue weighted by atomic mass is 10.2. The maximum absolute atomic E-state index is 11.4. The van der Waals surface area contributed by atoms with Gasteiger partial charge in [-0.15, -0.1) is 0 Å². The Morgan fingerprint density at radius 3 is 3.00 bits per heavy atom. The molecule has 2 aromatic rings. The Morgan fingerprint density at radius 1 is 1.53 bits per heavy atom. The maximum atomic E-state index is 11.4. The summed E-state index contributed by atoms with van der Waals surface area (Å²) in [5.74, 6) is -0.459. The van der Waals surface area contributed by atoms with Gasteiger partial charge in [0.1, 0.15) is 5.65 Å². The van der Waals surface area contributed by atoms with Crippen molar-refractivity contribution in [1.82, 2.24) is 9.55 Å². The van der Waals surface area contributed by atoms with Gasteiger partial charge in [-0.1, -0.05) is 0 Å². The van der Waals surface area contributed by atoms with Crippen LogP contribution in [0.3, 0.4) is 0 Å². The Labute approximate surface area is 110 Å². The Kier molecular flexibility index (Phi) is 3.61. The minimum absolute atomic E-state index is 0.272. The van der Waals surface area contributed by atoms with Crippen molar-refractivity contribution >= 4 is 28.9 Å². The lowest BCUT2D eigenvalue weighted by molar-refractivity contribution is 0.0594. The molecule has 2 N–H and O–H groups in total. The van der Waals surface area contributed by atoms with Gasteiger partial charge in [0, 0.05) is 24.8 Å².